The summed E-state index contributed by atoms with van der Waals surface area (Å²) >= 11 is 1.72. The van der Waals surface area contributed by atoms with E-state index < -0.39 is 0 Å². The second kappa shape index (κ2) is 4.93. The summed E-state index contributed by atoms with van der Waals surface area (Å²) in [5.74, 6) is 1.28. The van der Waals surface area contributed by atoms with Crippen LogP contribution < -0.4 is 5.32 Å². The zero-order chi connectivity index (χ0) is 12.4. The van der Waals surface area contributed by atoms with Gasteiger partial charge in [-0.2, -0.15) is 4.98 Å². The molecule has 0 fully saturated rings. The predicted octanol–water partition coefficient (Wildman–Crippen LogP) is 2.30. The third-order valence-electron chi connectivity index (χ3n) is 2.47. The van der Waals surface area contributed by atoms with Gasteiger partial charge < -0.3 is 9.84 Å². The molecule has 2 rings (SSSR count). The molecule has 0 bridgehead atoms. The van der Waals surface area contributed by atoms with Gasteiger partial charge in [-0.1, -0.05) is 5.16 Å². The fourth-order valence-corrected chi connectivity index (χ4v) is 2.65. The van der Waals surface area contributed by atoms with Crippen molar-refractivity contribution >= 4 is 11.3 Å². The third kappa shape index (κ3) is 2.89. The van der Waals surface area contributed by atoms with Gasteiger partial charge in [0.25, 0.3) is 0 Å². The van der Waals surface area contributed by atoms with Gasteiger partial charge in [0.2, 0.25) is 5.89 Å². The average molecular weight is 252 g/mol. The summed E-state index contributed by atoms with van der Waals surface area (Å²) in [5, 5.41) is 8.31. The Balaban J connectivity index is 1.97. The molecule has 0 spiro atoms. The maximum absolute atomic E-state index is 4.92. The first kappa shape index (κ1) is 12.2. The molecule has 6 heteroatoms. The zero-order valence-electron chi connectivity index (χ0n) is 10.4. The van der Waals surface area contributed by atoms with E-state index >= 15 is 0 Å². The number of aryl methyl sites for hydroxylation is 3. The van der Waals surface area contributed by atoms with Crippen molar-refractivity contribution in [1.82, 2.24) is 20.4 Å². The number of nitrogens with one attached hydrogen (secondary N) is 1. The van der Waals surface area contributed by atoms with Gasteiger partial charge >= 0.3 is 0 Å². The van der Waals surface area contributed by atoms with Crippen molar-refractivity contribution < 1.29 is 4.52 Å². The van der Waals surface area contributed by atoms with Gasteiger partial charge in [0.15, 0.2) is 5.82 Å². The van der Waals surface area contributed by atoms with Crippen LogP contribution in [-0.2, 0) is 6.54 Å². The van der Waals surface area contributed by atoms with E-state index in [0.717, 1.165) is 10.7 Å². The lowest BCUT2D eigenvalue weighted by Gasteiger charge is -2.10. The molecule has 17 heavy (non-hydrogen) atoms. The average Bonchev–Trinajstić information content (AvgIpc) is 2.81. The van der Waals surface area contributed by atoms with Crippen molar-refractivity contribution in [2.24, 2.45) is 0 Å². The number of nitrogens with zero attached hydrogens (tertiary/aromatic N) is 3. The van der Waals surface area contributed by atoms with Crippen molar-refractivity contribution in [3.63, 3.8) is 0 Å². The van der Waals surface area contributed by atoms with Crippen LogP contribution in [0.15, 0.2) is 4.52 Å². The van der Waals surface area contributed by atoms with Gasteiger partial charge in [-0.3, -0.25) is 0 Å². The second-order valence-electron chi connectivity index (χ2n) is 4.01. The molecule has 92 valence electrons. The molecule has 2 aromatic rings. The molecule has 0 aliphatic carbocycles. The van der Waals surface area contributed by atoms with Crippen LogP contribution in [0.1, 0.15) is 40.3 Å². The number of rotatable bonds is 4. The van der Waals surface area contributed by atoms with E-state index in [9.17, 15) is 0 Å². The Labute approximate surface area is 104 Å². The summed E-state index contributed by atoms with van der Waals surface area (Å²) in [5.41, 5.74) is 1.09. The summed E-state index contributed by atoms with van der Waals surface area (Å²) in [6, 6.07) is 0.250. The first-order chi connectivity index (χ1) is 8.06. The molecular formula is C11H16N4OS. The molecular weight excluding hydrogens is 236 g/mol. The predicted molar refractivity (Wildman–Crippen MR) is 65.9 cm³/mol. The van der Waals surface area contributed by atoms with E-state index in [0.29, 0.717) is 18.3 Å². The summed E-state index contributed by atoms with van der Waals surface area (Å²) in [4.78, 5) is 9.84. The summed E-state index contributed by atoms with van der Waals surface area (Å²) < 4.78 is 4.92. The summed E-state index contributed by atoms with van der Waals surface area (Å²) in [7, 11) is 0. The van der Waals surface area contributed by atoms with E-state index in [1.165, 1.54) is 4.88 Å². The van der Waals surface area contributed by atoms with Gasteiger partial charge in [0, 0.05) is 17.8 Å². The van der Waals surface area contributed by atoms with Crippen LogP contribution in [-0.4, -0.2) is 15.1 Å². The van der Waals surface area contributed by atoms with Crippen LogP contribution in [0.2, 0.25) is 0 Å². The first-order valence-electron chi connectivity index (χ1n) is 5.52. The van der Waals surface area contributed by atoms with E-state index in [1.54, 1.807) is 18.3 Å². The molecule has 0 aliphatic heterocycles. The standard InChI is InChI=1S/C11H16N4OS/c1-6(11-7(2)13-9(4)17-11)12-5-10-14-8(3)16-15-10/h6,12H,5H2,1-4H3. The molecule has 1 unspecified atom stereocenters. The number of thiazole rings is 1. The Morgan fingerprint density at radius 2 is 2.06 bits per heavy atom. The lowest BCUT2D eigenvalue weighted by atomic mass is 10.2. The molecule has 0 aromatic carbocycles. The minimum absolute atomic E-state index is 0.250. The van der Waals surface area contributed by atoms with Gasteiger partial charge in [-0.25, -0.2) is 4.98 Å². The van der Waals surface area contributed by atoms with Crippen molar-refractivity contribution in [3.05, 3.63) is 27.3 Å². The second-order valence-corrected chi connectivity index (χ2v) is 5.25. The molecule has 0 radical (unpaired) electrons. The Bertz CT molecular complexity index is 505. The SMILES string of the molecule is Cc1nc(CNC(C)c2sc(C)nc2C)no1. The van der Waals surface area contributed by atoms with E-state index in [-0.39, 0.29) is 6.04 Å². The minimum atomic E-state index is 0.250. The smallest absolute Gasteiger partial charge is 0.223 e. The molecule has 2 aromatic heterocycles. The van der Waals surface area contributed by atoms with Crippen LogP contribution in [0.3, 0.4) is 0 Å². The molecule has 0 amide bonds. The highest BCUT2D eigenvalue weighted by Crippen LogP contribution is 2.24. The Kier molecular flexibility index (Phi) is 3.54. The van der Waals surface area contributed by atoms with Gasteiger partial charge in [0.1, 0.15) is 0 Å². The van der Waals surface area contributed by atoms with Crippen LogP contribution in [0.25, 0.3) is 0 Å². The monoisotopic (exact) mass is 252 g/mol. The molecule has 1 N–H and O–H groups in total. The maximum Gasteiger partial charge on any atom is 0.223 e. The number of hydrogen-bond donors (Lipinski definition) is 1. The van der Waals surface area contributed by atoms with Crippen LogP contribution in [0.5, 0.6) is 0 Å². The van der Waals surface area contributed by atoms with Gasteiger partial charge in [0.05, 0.1) is 17.2 Å². The fourth-order valence-electron chi connectivity index (χ4n) is 1.70. The Morgan fingerprint density at radius 3 is 2.59 bits per heavy atom. The van der Waals surface area contributed by atoms with Crippen molar-refractivity contribution in [1.29, 1.82) is 0 Å². The van der Waals surface area contributed by atoms with Crippen LogP contribution in [0, 0.1) is 20.8 Å². The third-order valence-corrected chi connectivity index (χ3v) is 3.72. The molecule has 2 heterocycles. The number of hydrogen-bond acceptors (Lipinski definition) is 6. The number of aromatic nitrogens is 3. The quantitative estimate of drug-likeness (QED) is 0.904. The molecule has 0 aliphatic rings. The van der Waals surface area contributed by atoms with E-state index in [4.69, 9.17) is 4.52 Å². The highest BCUT2D eigenvalue weighted by molar-refractivity contribution is 7.11. The fraction of sp³-hybridized carbons (Fsp3) is 0.545. The Hall–Kier alpha value is -1.27. The minimum Gasteiger partial charge on any atom is -0.340 e. The van der Waals surface area contributed by atoms with Crippen molar-refractivity contribution in [2.75, 3.05) is 0 Å². The zero-order valence-corrected chi connectivity index (χ0v) is 11.3. The lowest BCUT2D eigenvalue weighted by Crippen LogP contribution is -2.18. The van der Waals surface area contributed by atoms with E-state index in [1.807, 2.05) is 13.8 Å². The van der Waals surface area contributed by atoms with Crippen LogP contribution >= 0.6 is 11.3 Å². The largest absolute Gasteiger partial charge is 0.340 e. The summed E-state index contributed by atoms with van der Waals surface area (Å²) in [6.07, 6.45) is 0. The molecule has 0 saturated heterocycles. The first-order valence-corrected chi connectivity index (χ1v) is 6.34. The van der Waals surface area contributed by atoms with Gasteiger partial charge in [-0.05, 0) is 20.8 Å². The van der Waals surface area contributed by atoms with Crippen molar-refractivity contribution in [3.8, 4) is 0 Å². The van der Waals surface area contributed by atoms with Crippen molar-refractivity contribution in [2.45, 2.75) is 40.3 Å². The van der Waals surface area contributed by atoms with E-state index in [2.05, 4.69) is 27.4 Å². The lowest BCUT2D eigenvalue weighted by molar-refractivity contribution is 0.384. The highest BCUT2D eigenvalue weighted by Gasteiger charge is 2.13. The normalized spacial score (nSPS) is 12.9. The van der Waals surface area contributed by atoms with Crippen LogP contribution in [0.4, 0.5) is 0 Å². The highest BCUT2D eigenvalue weighted by atomic mass is 32.1. The Morgan fingerprint density at radius 1 is 1.29 bits per heavy atom. The molecule has 0 saturated carbocycles. The van der Waals surface area contributed by atoms with Gasteiger partial charge in [-0.15, -0.1) is 11.3 Å². The summed E-state index contributed by atoms with van der Waals surface area (Å²) in [6.45, 7) is 8.57. The molecule has 1 atom stereocenters. The topological polar surface area (TPSA) is 63.8 Å². The maximum atomic E-state index is 4.92. The molecule has 5 nitrogen and oxygen atoms in total.